The summed E-state index contributed by atoms with van der Waals surface area (Å²) in [5.74, 6) is 1.76. The van der Waals surface area contributed by atoms with Gasteiger partial charge in [-0.15, -0.1) is 0 Å². The van der Waals surface area contributed by atoms with Crippen LogP contribution in [-0.2, 0) is 9.47 Å². The molecule has 2 aromatic rings. The van der Waals surface area contributed by atoms with Crippen molar-refractivity contribution in [3.8, 4) is 11.1 Å². The highest BCUT2D eigenvalue weighted by Crippen LogP contribution is 2.39. The second kappa shape index (κ2) is 10.7. The average Bonchev–Trinajstić information content (AvgIpc) is 2.81. The van der Waals surface area contributed by atoms with Crippen molar-refractivity contribution in [2.45, 2.75) is 77.4 Å². The molecule has 1 saturated carbocycles. The second-order valence-corrected chi connectivity index (χ2v) is 9.52. The van der Waals surface area contributed by atoms with Gasteiger partial charge in [-0.25, -0.2) is 4.39 Å². The molecule has 0 aromatic heterocycles. The Labute approximate surface area is 187 Å². The first kappa shape index (κ1) is 22.5. The van der Waals surface area contributed by atoms with E-state index in [1.54, 1.807) is 6.07 Å². The molecule has 2 fully saturated rings. The number of benzene rings is 2. The quantitative estimate of drug-likeness (QED) is 0.448. The predicted molar refractivity (Wildman–Crippen MR) is 124 cm³/mol. The molecule has 2 nitrogen and oxygen atoms in total. The van der Waals surface area contributed by atoms with Gasteiger partial charge in [0.2, 0.25) is 0 Å². The smallest absolute Gasteiger partial charge is 0.183 e. The summed E-state index contributed by atoms with van der Waals surface area (Å²) in [6, 6.07) is 13.8. The molecule has 0 N–H and O–H groups in total. The summed E-state index contributed by atoms with van der Waals surface area (Å²) >= 11 is 0. The third-order valence-corrected chi connectivity index (χ3v) is 7.17. The lowest BCUT2D eigenvalue weighted by Crippen LogP contribution is -2.26. The van der Waals surface area contributed by atoms with E-state index in [1.165, 1.54) is 44.1 Å². The van der Waals surface area contributed by atoms with Gasteiger partial charge in [0.1, 0.15) is 5.82 Å². The van der Waals surface area contributed by atoms with Crippen LogP contribution < -0.4 is 0 Å². The van der Waals surface area contributed by atoms with Crippen LogP contribution in [0.2, 0.25) is 0 Å². The molecule has 1 aliphatic heterocycles. The van der Waals surface area contributed by atoms with Crippen molar-refractivity contribution >= 4 is 0 Å². The lowest BCUT2D eigenvalue weighted by molar-refractivity contribution is -0.206. The molecule has 0 unspecified atom stereocenters. The minimum absolute atomic E-state index is 0.117. The minimum Gasteiger partial charge on any atom is -0.348 e. The molecule has 0 atom stereocenters. The van der Waals surface area contributed by atoms with Crippen molar-refractivity contribution < 1.29 is 13.9 Å². The molecule has 31 heavy (non-hydrogen) atoms. The Hall–Kier alpha value is -1.71. The molecular weight excluding hydrogens is 387 g/mol. The summed E-state index contributed by atoms with van der Waals surface area (Å²) in [5, 5.41) is 0. The predicted octanol–water partition coefficient (Wildman–Crippen LogP) is 8.03. The van der Waals surface area contributed by atoms with Gasteiger partial charge in [-0.2, -0.15) is 0 Å². The molecule has 3 heteroatoms. The molecule has 0 amide bonds. The molecule has 0 bridgehead atoms. The Morgan fingerprint density at radius 3 is 2.00 bits per heavy atom. The molecule has 2 aliphatic rings. The van der Waals surface area contributed by atoms with Crippen molar-refractivity contribution in [2.75, 3.05) is 13.2 Å². The summed E-state index contributed by atoms with van der Waals surface area (Å²) in [7, 11) is 0. The van der Waals surface area contributed by atoms with E-state index in [9.17, 15) is 0 Å². The van der Waals surface area contributed by atoms with Gasteiger partial charge in [-0.1, -0.05) is 69.5 Å². The first-order valence-corrected chi connectivity index (χ1v) is 12.3. The number of ether oxygens (including phenoxy) is 2. The highest BCUT2D eigenvalue weighted by molar-refractivity contribution is 5.65. The number of rotatable bonds is 7. The van der Waals surface area contributed by atoms with Crippen LogP contribution in [0.5, 0.6) is 0 Å². The zero-order valence-electron chi connectivity index (χ0n) is 19.1. The van der Waals surface area contributed by atoms with Crippen LogP contribution in [0, 0.1) is 17.7 Å². The molecular formula is C28H37FO2. The fraction of sp³-hybridized carbons (Fsp3) is 0.571. The third-order valence-electron chi connectivity index (χ3n) is 7.17. The van der Waals surface area contributed by atoms with E-state index in [0.29, 0.717) is 17.4 Å². The fourth-order valence-corrected chi connectivity index (χ4v) is 5.34. The number of halogens is 1. The Morgan fingerprint density at radius 1 is 0.774 bits per heavy atom. The van der Waals surface area contributed by atoms with Crippen molar-refractivity contribution in [3.63, 3.8) is 0 Å². The van der Waals surface area contributed by atoms with Gasteiger partial charge in [0.05, 0.1) is 13.2 Å². The van der Waals surface area contributed by atoms with Gasteiger partial charge in [-0.3, -0.25) is 0 Å². The Balaban J connectivity index is 1.39. The first-order chi connectivity index (χ1) is 15.2. The summed E-state index contributed by atoms with van der Waals surface area (Å²) in [5.41, 5.74) is 3.74. The molecule has 1 saturated heterocycles. The van der Waals surface area contributed by atoms with Crippen LogP contribution in [0.15, 0.2) is 42.5 Å². The molecule has 2 aromatic carbocycles. The zero-order valence-corrected chi connectivity index (χ0v) is 19.1. The van der Waals surface area contributed by atoms with Gasteiger partial charge in [0, 0.05) is 17.0 Å². The molecule has 1 heterocycles. The summed E-state index contributed by atoms with van der Waals surface area (Å²) < 4.78 is 26.8. The van der Waals surface area contributed by atoms with E-state index in [-0.39, 0.29) is 12.1 Å². The second-order valence-electron chi connectivity index (χ2n) is 9.52. The van der Waals surface area contributed by atoms with E-state index in [4.69, 9.17) is 9.47 Å². The Bertz CT molecular complexity index is 815. The summed E-state index contributed by atoms with van der Waals surface area (Å²) in [6.07, 6.45) is 9.56. The Morgan fingerprint density at radius 2 is 1.39 bits per heavy atom. The minimum atomic E-state index is -0.308. The zero-order chi connectivity index (χ0) is 21.6. The fourth-order valence-electron chi connectivity index (χ4n) is 5.34. The van der Waals surface area contributed by atoms with Crippen molar-refractivity contribution in [1.82, 2.24) is 0 Å². The summed E-state index contributed by atoms with van der Waals surface area (Å²) in [4.78, 5) is 0. The maximum absolute atomic E-state index is 15.0. The molecule has 4 rings (SSSR count). The number of hydrogen-bond donors (Lipinski definition) is 0. The molecule has 0 spiro atoms. The van der Waals surface area contributed by atoms with E-state index >= 15 is 4.39 Å². The highest BCUT2D eigenvalue weighted by atomic mass is 19.1. The topological polar surface area (TPSA) is 18.5 Å². The average molecular weight is 425 g/mol. The van der Waals surface area contributed by atoms with Crippen LogP contribution in [0.4, 0.5) is 4.39 Å². The molecule has 0 radical (unpaired) electrons. The largest absolute Gasteiger partial charge is 0.348 e. The van der Waals surface area contributed by atoms with Crippen molar-refractivity contribution in [1.29, 1.82) is 0 Å². The normalized spacial score (nSPS) is 26.7. The van der Waals surface area contributed by atoms with Gasteiger partial charge < -0.3 is 9.47 Å². The maximum atomic E-state index is 15.0. The van der Waals surface area contributed by atoms with Crippen molar-refractivity contribution in [2.24, 2.45) is 11.8 Å². The molecule has 168 valence electrons. The van der Waals surface area contributed by atoms with Gasteiger partial charge in [0.25, 0.3) is 0 Å². The highest BCUT2D eigenvalue weighted by Gasteiger charge is 2.24. The van der Waals surface area contributed by atoms with E-state index in [1.807, 2.05) is 30.3 Å². The van der Waals surface area contributed by atoms with Crippen LogP contribution in [0.1, 0.15) is 88.5 Å². The first-order valence-electron chi connectivity index (χ1n) is 12.3. The SMILES string of the molecule is CCCC1CCC(c2ccc(-c3ccc([C@H]4OC[C@H](CCC)CO4)cc3)c(F)c2)CC1. The lowest BCUT2D eigenvalue weighted by Gasteiger charge is -2.29. The van der Waals surface area contributed by atoms with Crippen LogP contribution >= 0.6 is 0 Å². The Kier molecular flexibility index (Phi) is 7.79. The van der Waals surface area contributed by atoms with E-state index in [0.717, 1.165) is 43.1 Å². The maximum Gasteiger partial charge on any atom is 0.183 e. The van der Waals surface area contributed by atoms with Crippen LogP contribution in [-0.4, -0.2) is 13.2 Å². The van der Waals surface area contributed by atoms with Gasteiger partial charge in [0.15, 0.2) is 6.29 Å². The molecule has 1 aliphatic carbocycles. The van der Waals surface area contributed by atoms with Crippen LogP contribution in [0.25, 0.3) is 11.1 Å². The van der Waals surface area contributed by atoms with Crippen molar-refractivity contribution in [3.05, 3.63) is 59.4 Å². The van der Waals surface area contributed by atoms with E-state index in [2.05, 4.69) is 19.9 Å². The number of hydrogen-bond acceptors (Lipinski definition) is 2. The van der Waals surface area contributed by atoms with Gasteiger partial charge >= 0.3 is 0 Å². The van der Waals surface area contributed by atoms with Gasteiger partial charge in [-0.05, 0) is 61.1 Å². The monoisotopic (exact) mass is 424 g/mol. The standard InChI is InChI=1S/C28H37FO2/c1-3-5-20-7-9-22(10-8-20)25-15-16-26(27(29)17-25)23-11-13-24(14-12-23)28-30-18-21(6-4-2)19-31-28/h11-17,20-22,28H,3-10,18-19H2,1-2H3/t20?,21-,22?,28-. The van der Waals surface area contributed by atoms with E-state index < -0.39 is 0 Å². The summed E-state index contributed by atoms with van der Waals surface area (Å²) in [6.45, 7) is 5.95. The van der Waals surface area contributed by atoms with Crippen LogP contribution in [0.3, 0.4) is 0 Å². The lowest BCUT2D eigenvalue weighted by atomic mass is 9.77. The third kappa shape index (κ3) is 5.56.